The molecule has 6 rings (SSSR count). The Morgan fingerprint density at radius 3 is 2.37 bits per heavy atom. The van der Waals surface area contributed by atoms with Crippen molar-refractivity contribution in [2.24, 2.45) is 0 Å². The van der Waals surface area contributed by atoms with Gasteiger partial charge in [-0.2, -0.15) is 5.10 Å². The van der Waals surface area contributed by atoms with Gasteiger partial charge in [-0.05, 0) is 69.1 Å². The van der Waals surface area contributed by atoms with E-state index in [1.54, 1.807) is 9.80 Å². The monoisotopic (exact) mass is 699 g/mol. The highest BCUT2D eigenvalue weighted by molar-refractivity contribution is 5.96. The van der Waals surface area contributed by atoms with E-state index in [2.05, 4.69) is 21.0 Å². The van der Waals surface area contributed by atoms with Crippen molar-refractivity contribution in [3.05, 3.63) is 78.0 Å². The topological polar surface area (TPSA) is 147 Å². The van der Waals surface area contributed by atoms with Crippen molar-refractivity contribution in [1.82, 2.24) is 35.5 Å². The van der Waals surface area contributed by atoms with E-state index in [1.165, 1.54) is 10.7 Å². The standard InChI is InChI=1S/C38H49N7O6/c46-34(44-21-10-18-33(44)37(48)40-29-13-9-14-29)27-51-35-25-32(42-45(35)30-15-5-2-6-16-30)36(47)41-31(38(49)43-22-19-39-20-23-43)17-7-8-24-50-26-28-11-3-1-4-12-28/h1-6,11-12,15-16,25,29,31,33,39H,7-10,13-14,17-24,26-27H2,(H,40,48)(H,41,47)/t31-,33-/m0/s1. The molecular formula is C38H49N7O6. The second-order valence-corrected chi connectivity index (χ2v) is 13.4. The molecule has 0 unspecified atom stereocenters. The normalized spacial score (nSPS) is 18.2. The Kier molecular flexibility index (Phi) is 12.7. The van der Waals surface area contributed by atoms with Gasteiger partial charge in [0.2, 0.25) is 17.7 Å². The van der Waals surface area contributed by atoms with Gasteiger partial charge >= 0.3 is 0 Å². The average Bonchev–Trinajstić information content (AvgIpc) is 3.82. The van der Waals surface area contributed by atoms with Crippen LogP contribution in [-0.2, 0) is 25.7 Å². The zero-order valence-corrected chi connectivity index (χ0v) is 29.1. The first kappa shape index (κ1) is 36.1. The van der Waals surface area contributed by atoms with Crippen molar-refractivity contribution in [1.29, 1.82) is 0 Å². The van der Waals surface area contributed by atoms with E-state index >= 15 is 0 Å². The highest BCUT2D eigenvalue weighted by Crippen LogP contribution is 2.24. The van der Waals surface area contributed by atoms with Gasteiger partial charge in [0.15, 0.2) is 12.3 Å². The van der Waals surface area contributed by atoms with Crippen LogP contribution in [0.4, 0.5) is 0 Å². The van der Waals surface area contributed by atoms with Gasteiger partial charge in [-0.15, -0.1) is 0 Å². The number of benzene rings is 2. The van der Waals surface area contributed by atoms with Crippen LogP contribution >= 0.6 is 0 Å². The number of carbonyl (C=O) groups excluding carboxylic acids is 4. The molecule has 2 atom stereocenters. The number of hydrogen-bond acceptors (Lipinski definition) is 8. The molecule has 1 aliphatic carbocycles. The Hall–Kier alpha value is -4.75. The maximum Gasteiger partial charge on any atom is 0.272 e. The predicted octanol–water partition coefficient (Wildman–Crippen LogP) is 2.83. The number of para-hydroxylation sites is 1. The number of amides is 4. The number of unbranched alkanes of at least 4 members (excludes halogenated alkanes) is 1. The van der Waals surface area contributed by atoms with Crippen molar-refractivity contribution < 1.29 is 28.7 Å². The summed E-state index contributed by atoms with van der Waals surface area (Å²) in [6.45, 7) is 3.77. The molecule has 3 N–H and O–H groups in total. The molecule has 3 aromatic rings. The molecule has 13 heteroatoms. The molecule has 0 radical (unpaired) electrons. The van der Waals surface area contributed by atoms with E-state index in [0.29, 0.717) is 70.9 Å². The first-order valence-electron chi connectivity index (χ1n) is 18.3. The van der Waals surface area contributed by atoms with E-state index in [0.717, 1.165) is 37.7 Å². The number of hydrogen-bond donors (Lipinski definition) is 3. The van der Waals surface area contributed by atoms with Crippen LogP contribution in [-0.4, -0.2) is 107 Å². The molecule has 2 aromatic carbocycles. The SMILES string of the molecule is O=C(N[C@@H](CCCCOCc1ccccc1)C(=O)N1CCNCC1)c1cc(OCC(=O)N2CCC[C@H]2C(=O)NC2CCC2)n(-c2ccccc2)n1. The zero-order chi connectivity index (χ0) is 35.4. The Morgan fingerprint density at radius 1 is 0.902 bits per heavy atom. The molecule has 0 bridgehead atoms. The number of likely N-dealkylation sites (tertiary alicyclic amines) is 1. The molecule has 1 saturated carbocycles. The van der Waals surface area contributed by atoms with E-state index in [-0.39, 0.29) is 41.9 Å². The second-order valence-electron chi connectivity index (χ2n) is 13.4. The molecule has 51 heavy (non-hydrogen) atoms. The fraction of sp³-hybridized carbons (Fsp3) is 0.500. The van der Waals surface area contributed by atoms with Crippen LogP contribution in [0, 0.1) is 0 Å². The van der Waals surface area contributed by atoms with Gasteiger partial charge in [0.25, 0.3) is 11.8 Å². The van der Waals surface area contributed by atoms with Gasteiger partial charge in [0.1, 0.15) is 12.1 Å². The van der Waals surface area contributed by atoms with Crippen molar-refractivity contribution in [2.75, 3.05) is 45.9 Å². The van der Waals surface area contributed by atoms with Crippen LogP contribution in [0.25, 0.3) is 5.69 Å². The molecule has 3 fully saturated rings. The van der Waals surface area contributed by atoms with E-state index in [4.69, 9.17) is 9.47 Å². The summed E-state index contributed by atoms with van der Waals surface area (Å²) in [5.41, 5.74) is 1.80. The molecule has 1 aromatic heterocycles. The van der Waals surface area contributed by atoms with Crippen molar-refractivity contribution in [3.8, 4) is 11.6 Å². The minimum absolute atomic E-state index is 0.0598. The quantitative estimate of drug-likeness (QED) is 0.194. The number of nitrogens with one attached hydrogen (secondary N) is 3. The fourth-order valence-electron chi connectivity index (χ4n) is 6.65. The summed E-state index contributed by atoms with van der Waals surface area (Å²) in [6, 6.07) is 19.6. The number of rotatable bonds is 16. The molecule has 4 amide bonds. The van der Waals surface area contributed by atoms with Crippen molar-refractivity contribution in [2.45, 2.75) is 76.1 Å². The first-order valence-corrected chi connectivity index (χ1v) is 18.3. The average molecular weight is 700 g/mol. The van der Waals surface area contributed by atoms with Crippen LogP contribution < -0.4 is 20.7 Å². The third kappa shape index (κ3) is 9.73. The smallest absolute Gasteiger partial charge is 0.272 e. The van der Waals surface area contributed by atoms with E-state index in [9.17, 15) is 19.2 Å². The summed E-state index contributed by atoms with van der Waals surface area (Å²) in [5.74, 6) is -0.844. The Balaban J connectivity index is 1.10. The third-order valence-electron chi connectivity index (χ3n) is 9.76. The molecule has 3 aliphatic rings. The molecular weight excluding hydrogens is 650 g/mol. The maximum absolute atomic E-state index is 13.7. The van der Waals surface area contributed by atoms with E-state index in [1.807, 2.05) is 60.7 Å². The largest absolute Gasteiger partial charge is 0.467 e. The van der Waals surface area contributed by atoms with Crippen LogP contribution in [0.15, 0.2) is 66.7 Å². The third-order valence-corrected chi connectivity index (χ3v) is 9.76. The van der Waals surface area contributed by atoms with E-state index < -0.39 is 18.0 Å². The summed E-state index contributed by atoms with van der Waals surface area (Å²) in [5, 5.41) is 13.8. The van der Waals surface area contributed by atoms with Crippen molar-refractivity contribution in [3.63, 3.8) is 0 Å². The minimum atomic E-state index is -0.740. The van der Waals surface area contributed by atoms with Crippen LogP contribution in [0.3, 0.4) is 0 Å². The summed E-state index contributed by atoms with van der Waals surface area (Å²) in [4.78, 5) is 57.0. The lowest BCUT2D eigenvalue weighted by molar-refractivity contribution is -0.140. The number of ether oxygens (including phenoxy) is 2. The summed E-state index contributed by atoms with van der Waals surface area (Å²) >= 11 is 0. The van der Waals surface area contributed by atoms with Gasteiger partial charge in [-0.3, -0.25) is 19.2 Å². The van der Waals surface area contributed by atoms with Crippen molar-refractivity contribution >= 4 is 23.6 Å². The molecule has 3 heterocycles. The predicted molar refractivity (Wildman–Crippen MR) is 190 cm³/mol. The number of nitrogens with zero attached hydrogens (tertiary/aromatic N) is 4. The molecule has 2 aliphatic heterocycles. The minimum Gasteiger partial charge on any atom is -0.467 e. The lowest BCUT2D eigenvalue weighted by Gasteiger charge is -2.31. The molecule has 13 nitrogen and oxygen atoms in total. The molecule has 272 valence electrons. The van der Waals surface area contributed by atoms with Gasteiger partial charge in [0.05, 0.1) is 12.3 Å². The fourth-order valence-corrected chi connectivity index (χ4v) is 6.65. The lowest BCUT2D eigenvalue weighted by Crippen LogP contribution is -2.54. The van der Waals surface area contributed by atoms with Crippen LogP contribution in [0.2, 0.25) is 0 Å². The number of aromatic nitrogens is 2. The van der Waals surface area contributed by atoms with Crippen LogP contribution in [0.1, 0.15) is 67.4 Å². The maximum atomic E-state index is 13.7. The summed E-state index contributed by atoms with van der Waals surface area (Å²) in [7, 11) is 0. The Bertz CT molecular complexity index is 1610. The Labute approximate surface area is 299 Å². The zero-order valence-electron chi connectivity index (χ0n) is 29.1. The molecule has 0 spiro atoms. The second kappa shape index (κ2) is 18.0. The Morgan fingerprint density at radius 2 is 1.65 bits per heavy atom. The summed E-state index contributed by atoms with van der Waals surface area (Å²) in [6.07, 6.45) is 6.30. The van der Waals surface area contributed by atoms with Gasteiger partial charge in [0, 0.05) is 51.4 Å². The highest BCUT2D eigenvalue weighted by Gasteiger charge is 2.36. The summed E-state index contributed by atoms with van der Waals surface area (Å²) < 4.78 is 13.3. The van der Waals surface area contributed by atoms with Gasteiger partial charge in [-0.1, -0.05) is 48.5 Å². The lowest BCUT2D eigenvalue weighted by atomic mass is 9.93. The molecule has 2 saturated heterocycles. The van der Waals surface area contributed by atoms with Gasteiger partial charge in [-0.25, -0.2) is 4.68 Å². The van der Waals surface area contributed by atoms with Crippen LogP contribution in [0.5, 0.6) is 5.88 Å². The van der Waals surface area contributed by atoms with Gasteiger partial charge < -0.3 is 35.2 Å². The number of piperazine rings is 1. The first-order chi connectivity index (χ1) is 25.0. The number of carbonyl (C=O) groups is 4. The highest BCUT2D eigenvalue weighted by atomic mass is 16.5.